The van der Waals surface area contributed by atoms with Crippen LogP contribution in [-0.4, -0.2) is 22.2 Å². The molecule has 0 amide bonds. The first kappa shape index (κ1) is 21.8. The van der Waals surface area contributed by atoms with Gasteiger partial charge in [0, 0.05) is 17.1 Å². The standard InChI is InChI=1S/C28H23NO4/c30-27(31)18-20-6-12-24(13-7-20)29(25-14-8-21(9-15-25)19-28(32)33)26-16-10-23(11-17-26)22-4-2-1-3-5-22/h1-17H,18-19H2,(H,30,31)(H,32,33). The van der Waals surface area contributed by atoms with Gasteiger partial charge in [-0.2, -0.15) is 0 Å². The lowest BCUT2D eigenvalue weighted by molar-refractivity contribution is -0.137. The van der Waals surface area contributed by atoms with E-state index in [1.54, 1.807) is 0 Å². The van der Waals surface area contributed by atoms with Gasteiger partial charge in [-0.15, -0.1) is 0 Å². The Morgan fingerprint density at radius 3 is 1.27 bits per heavy atom. The van der Waals surface area contributed by atoms with E-state index in [9.17, 15) is 9.59 Å². The van der Waals surface area contributed by atoms with Crippen LogP contribution < -0.4 is 4.90 Å². The van der Waals surface area contributed by atoms with Crippen LogP contribution in [0.15, 0.2) is 103 Å². The molecular weight excluding hydrogens is 414 g/mol. The van der Waals surface area contributed by atoms with Gasteiger partial charge in [-0.25, -0.2) is 0 Å². The zero-order chi connectivity index (χ0) is 23.2. The number of aliphatic carboxylic acids is 2. The molecule has 0 heterocycles. The van der Waals surface area contributed by atoms with Gasteiger partial charge in [0.1, 0.15) is 0 Å². The number of hydrogen-bond acceptors (Lipinski definition) is 3. The monoisotopic (exact) mass is 437 g/mol. The Bertz CT molecular complexity index is 1170. The van der Waals surface area contributed by atoms with Gasteiger partial charge in [-0.05, 0) is 58.7 Å². The molecule has 5 heteroatoms. The van der Waals surface area contributed by atoms with Crippen molar-refractivity contribution in [2.75, 3.05) is 4.90 Å². The highest BCUT2D eigenvalue weighted by atomic mass is 16.4. The third-order valence-corrected chi connectivity index (χ3v) is 5.33. The van der Waals surface area contributed by atoms with Crippen LogP contribution in [0.3, 0.4) is 0 Å². The van der Waals surface area contributed by atoms with Crippen LogP contribution >= 0.6 is 0 Å². The fourth-order valence-electron chi connectivity index (χ4n) is 3.76. The minimum absolute atomic E-state index is 0.0318. The Balaban J connectivity index is 1.71. The molecular formula is C28H23NO4. The summed E-state index contributed by atoms with van der Waals surface area (Å²) >= 11 is 0. The van der Waals surface area contributed by atoms with Gasteiger partial charge in [0.05, 0.1) is 12.8 Å². The SMILES string of the molecule is O=C(O)Cc1ccc(N(c2ccc(CC(=O)O)cc2)c2ccc(-c3ccccc3)cc2)cc1. The van der Waals surface area contributed by atoms with E-state index in [1.807, 2.05) is 78.9 Å². The van der Waals surface area contributed by atoms with E-state index in [0.717, 1.165) is 39.3 Å². The van der Waals surface area contributed by atoms with Gasteiger partial charge in [0.15, 0.2) is 0 Å². The van der Waals surface area contributed by atoms with Crippen molar-refractivity contribution in [3.05, 3.63) is 114 Å². The lowest BCUT2D eigenvalue weighted by Crippen LogP contribution is -2.10. The van der Waals surface area contributed by atoms with Gasteiger partial charge in [0.2, 0.25) is 0 Å². The summed E-state index contributed by atoms with van der Waals surface area (Å²) in [5.41, 5.74) is 6.38. The van der Waals surface area contributed by atoms with E-state index >= 15 is 0 Å². The number of rotatable bonds is 8. The van der Waals surface area contributed by atoms with E-state index in [4.69, 9.17) is 10.2 Å². The van der Waals surface area contributed by atoms with Crippen molar-refractivity contribution in [2.24, 2.45) is 0 Å². The molecule has 0 fully saturated rings. The van der Waals surface area contributed by atoms with E-state index < -0.39 is 11.9 Å². The van der Waals surface area contributed by atoms with Crippen molar-refractivity contribution < 1.29 is 19.8 Å². The zero-order valence-electron chi connectivity index (χ0n) is 17.9. The van der Waals surface area contributed by atoms with Crippen molar-refractivity contribution >= 4 is 29.0 Å². The molecule has 0 bridgehead atoms. The van der Waals surface area contributed by atoms with Crippen LogP contribution in [0.4, 0.5) is 17.1 Å². The Hall–Kier alpha value is -4.38. The van der Waals surface area contributed by atoms with Gasteiger partial charge < -0.3 is 15.1 Å². The number of benzene rings is 4. The predicted octanol–water partition coefficient (Wildman–Crippen LogP) is 6.08. The first-order valence-electron chi connectivity index (χ1n) is 10.6. The van der Waals surface area contributed by atoms with E-state index in [2.05, 4.69) is 29.2 Å². The minimum Gasteiger partial charge on any atom is -0.481 e. The fourth-order valence-corrected chi connectivity index (χ4v) is 3.76. The Kier molecular flexibility index (Phi) is 6.51. The summed E-state index contributed by atoms with van der Waals surface area (Å²) in [7, 11) is 0. The molecule has 0 unspecified atom stereocenters. The molecule has 0 atom stereocenters. The average molecular weight is 437 g/mol. The molecule has 0 saturated heterocycles. The normalized spacial score (nSPS) is 10.5. The quantitative estimate of drug-likeness (QED) is 0.349. The molecule has 0 spiro atoms. The highest BCUT2D eigenvalue weighted by Gasteiger charge is 2.14. The van der Waals surface area contributed by atoms with Gasteiger partial charge in [0.25, 0.3) is 0 Å². The topological polar surface area (TPSA) is 77.8 Å². The Labute approximate surface area is 192 Å². The van der Waals surface area contributed by atoms with Crippen LogP contribution in [0.25, 0.3) is 11.1 Å². The summed E-state index contributed by atoms with van der Waals surface area (Å²) in [6.45, 7) is 0. The number of carboxylic acids is 2. The van der Waals surface area contributed by atoms with Gasteiger partial charge in [-0.1, -0.05) is 66.7 Å². The summed E-state index contributed by atoms with van der Waals surface area (Å²) < 4.78 is 0. The maximum absolute atomic E-state index is 11.0. The largest absolute Gasteiger partial charge is 0.481 e. The lowest BCUT2D eigenvalue weighted by atomic mass is 10.0. The molecule has 0 aliphatic heterocycles. The maximum Gasteiger partial charge on any atom is 0.307 e. The molecule has 4 aromatic carbocycles. The van der Waals surface area contributed by atoms with Crippen molar-refractivity contribution in [2.45, 2.75) is 12.8 Å². The molecule has 33 heavy (non-hydrogen) atoms. The molecule has 164 valence electrons. The maximum atomic E-state index is 11.0. The van der Waals surface area contributed by atoms with Crippen molar-refractivity contribution in [1.82, 2.24) is 0 Å². The second-order valence-corrected chi connectivity index (χ2v) is 7.72. The van der Waals surface area contributed by atoms with Crippen LogP contribution in [0, 0.1) is 0 Å². The summed E-state index contributed by atoms with van der Waals surface area (Å²) in [5, 5.41) is 18.1. The Morgan fingerprint density at radius 2 is 0.879 bits per heavy atom. The number of hydrogen-bond donors (Lipinski definition) is 2. The number of carbonyl (C=O) groups is 2. The van der Waals surface area contributed by atoms with Crippen LogP contribution in [-0.2, 0) is 22.4 Å². The third kappa shape index (κ3) is 5.46. The molecule has 4 aromatic rings. The molecule has 5 nitrogen and oxygen atoms in total. The summed E-state index contributed by atoms with van der Waals surface area (Å²) in [6.07, 6.45) is -0.0636. The number of carboxylic acid groups (broad SMARTS) is 2. The van der Waals surface area contributed by atoms with Gasteiger partial charge in [-0.3, -0.25) is 9.59 Å². The highest BCUT2D eigenvalue weighted by Crippen LogP contribution is 2.36. The van der Waals surface area contributed by atoms with Crippen molar-refractivity contribution in [3.63, 3.8) is 0 Å². The highest BCUT2D eigenvalue weighted by molar-refractivity contribution is 5.79. The predicted molar refractivity (Wildman–Crippen MR) is 129 cm³/mol. The first-order valence-corrected chi connectivity index (χ1v) is 10.6. The first-order chi connectivity index (χ1) is 16.0. The van der Waals surface area contributed by atoms with Crippen LogP contribution in [0.2, 0.25) is 0 Å². The summed E-state index contributed by atoms with van der Waals surface area (Å²) in [6, 6.07) is 33.2. The fraction of sp³-hybridized carbons (Fsp3) is 0.0714. The number of anilines is 3. The zero-order valence-corrected chi connectivity index (χ0v) is 17.9. The molecule has 2 N–H and O–H groups in total. The summed E-state index contributed by atoms with van der Waals surface area (Å²) in [5.74, 6) is -1.74. The lowest BCUT2D eigenvalue weighted by Gasteiger charge is -2.26. The molecule has 4 rings (SSSR count). The summed E-state index contributed by atoms with van der Waals surface area (Å²) in [4.78, 5) is 24.1. The molecule has 0 radical (unpaired) electrons. The van der Waals surface area contributed by atoms with E-state index in [-0.39, 0.29) is 12.8 Å². The van der Waals surface area contributed by atoms with Crippen LogP contribution in [0.5, 0.6) is 0 Å². The second-order valence-electron chi connectivity index (χ2n) is 7.72. The van der Waals surface area contributed by atoms with Gasteiger partial charge >= 0.3 is 11.9 Å². The van der Waals surface area contributed by atoms with Crippen molar-refractivity contribution in [3.8, 4) is 11.1 Å². The number of nitrogens with zero attached hydrogens (tertiary/aromatic N) is 1. The molecule has 0 saturated carbocycles. The smallest absolute Gasteiger partial charge is 0.307 e. The van der Waals surface area contributed by atoms with E-state index in [1.165, 1.54) is 0 Å². The molecule has 0 aliphatic rings. The van der Waals surface area contributed by atoms with E-state index in [0.29, 0.717) is 0 Å². The second kappa shape index (κ2) is 9.83. The Morgan fingerprint density at radius 1 is 0.515 bits per heavy atom. The van der Waals surface area contributed by atoms with Crippen molar-refractivity contribution in [1.29, 1.82) is 0 Å². The third-order valence-electron chi connectivity index (χ3n) is 5.33. The molecule has 0 aromatic heterocycles. The average Bonchev–Trinajstić information content (AvgIpc) is 2.82. The minimum atomic E-state index is -0.870. The van der Waals surface area contributed by atoms with Crippen LogP contribution in [0.1, 0.15) is 11.1 Å². The molecule has 0 aliphatic carbocycles.